The molecule has 0 radical (unpaired) electrons. The molecule has 1 saturated heterocycles. The Morgan fingerprint density at radius 3 is 2.17 bits per heavy atom. The summed E-state index contributed by atoms with van der Waals surface area (Å²) in [7, 11) is 0. The van der Waals surface area contributed by atoms with Gasteiger partial charge in [0.15, 0.2) is 0 Å². The lowest BCUT2D eigenvalue weighted by molar-refractivity contribution is -0.134. The van der Waals surface area contributed by atoms with Crippen LogP contribution in [-0.2, 0) is 9.59 Å². The third-order valence-corrected chi connectivity index (χ3v) is 4.30. The summed E-state index contributed by atoms with van der Waals surface area (Å²) in [5, 5.41) is 2.69. The predicted octanol–water partition coefficient (Wildman–Crippen LogP) is 0.497. The normalized spacial score (nSPS) is 17.7. The lowest BCUT2D eigenvalue weighted by Gasteiger charge is -2.34. The molecule has 1 heterocycles. The first-order valence-electron chi connectivity index (χ1n) is 8.05. The number of benzene rings is 1. The van der Waals surface area contributed by atoms with Crippen LogP contribution >= 0.6 is 0 Å². The van der Waals surface area contributed by atoms with E-state index in [1.807, 2.05) is 18.2 Å². The van der Waals surface area contributed by atoms with Gasteiger partial charge in [0.25, 0.3) is 5.91 Å². The number of amides is 3. The molecule has 0 unspecified atom stereocenters. The Labute approximate surface area is 135 Å². The van der Waals surface area contributed by atoms with E-state index in [4.69, 9.17) is 0 Å². The highest BCUT2D eigenvalue weighted by atomic mass is 16.2. The van der Waals surface area contributed by atoms with Crippen molar-refractivity contribution in [1.29, 1.82) is 0 Å². The van der Waals surface area contributed by atoms with Gasteiger partial charge < -0.3 is 15.1 Å². The maximum atomic E-state index is 12.3. The number of hydrogen-bond donors (Lipinski definition) is 1. The fourth-order valence-corrected chi connectivity index (χ4v) is 2.69. The van der Waals surface area contributed by atoms with Gasteiger partial charge in [0.1, 0.15) is 0 Å². The number of rotatable bonds is 4. The summed E-state index contributed by atoms with van der Waals surface area (Å²) in [6.07, 6.45) is 1.86. The van der Waals surface area contributed by atoms with Gasteiger partial charge in [-0.25, -0.2) is 0 Å². The van der Waals surface area contributed by atoms with Crippen molar-refractivity contribution >= 4 is 17.7 Å². The number of piperazine rings is 1. The second-order valence-electron chi connectivity index (χ2n) is 6.03. The highest BCUT2D eigenvalue weighted by molar-refractivity contribution is 5.94. The number of nitrogens with one attached hydrogen (secondary N) is 1. The minimum atomic E-state index is -0.0780. The fourth-order valence-electron chi connectivity index (χ4n) is 2.69. The molecule has 6 heteroatoms. The van der Waals surface area contributed by atoms with Gasteiger partial charge in [-0.3, -0.25) is 14.4 Å². The molecule has 0 spiro atoms. The van der Waals surface area contributed by atoms with E-state index in [0.29, 0.717) is 31.7 Å². The standard InChI is InChI=1S/C17H21N3O3/c21-15(12-18-16(22)13-6-7-13)19-8-10-20(11-9-19)17(23)14-4-2-1-3-5-14/h1-5,13H,6-12H2,(H,18,22). The van der Waals surface area contributed by atoms with Crippen LogP contribution in [0, 0.1) is 5.92 Å². The van der Waals surface area contributed by atoms with Gasteiger partial charge in [-0.05, 0) is 25.0 Å². The molecule has 1 aliphatic heterocycles. The van der Waals surface area contributed by atoms with Gasteiger partial charge in [-0.1, -0.05) is 18.2 Å². The van der Waals surface area contributed by atoms with Crippen LogP contribution in [0.15, 0.2) is 30.3 Å². The summed E-state index contributed by atoms with van der Waals surface area (Å²) >= 11 is 0. The first-order chi connectivity index (χ1) is 11.1. The van der Waals surface area contributed by atoms with Gasteiger partial charge in [-0.2, -0.15) is 0 Å². The van der Waals surface area contributed by atoms with Crippen LogP contribution in [0.2, 0.25) is 0 Å². The van der Waals surface area contributed by atoms with Crippen molar-refractivity contribution in [3.05, 3.63) is 35.9 Å². The lowest BCUT2D eigenvalue weighted by Crippen LogP contribution is -2.52. The van der Waals surface area contributed by atoms with Crippen molar-refractivity contribution in [3.8, 4) is 0 Å². The summed E-state index contributed by atoms with van der Waals surface area (Å²) in [6.45, 7) is 2.13. The van der Waals surface area contributed by atoms with Gasteiger partial charge in [0, 0.05) is 37.7 Å². The van der Waals surface area contributed by atoms with E-state index in [-0.39, 0.29) is 30.2 Å². The van der Waals surface area contributed by atoms with Crippen LogP contribution in [0.1, 0.15) is 23.2 Å². The fraction of sp³-hybridized carbons (Fsp3) is 0.471. The van der Waals surface area contributed by atoms with Crippen LogP contribution in [0.5, 0.6) is 0 Å². The summed E-state index contributed by atoms with van der Waals surface area (Å²) in [5.41, 5.74) is 0.670. The molecule has 1 aliphatic carbocycles. The molecule has 1 N–H and O–H groups in total. The van der Waals surface area contributed by atoms with E-state index in [0.717, 1.165) is 12.8 Å². The molecule has 3 amide bonds. The van der Waals surface area contributed by atoms with Crippen molar-refractivity contribution in [2.24, 2.45) is 5.92 Å². The molecular formula is C17H21N3O3. The molecule has 3 rings (SSSR count). The van der Waals surface area contributed by atoms with Crippen molar-refractivity contribution in [1.82, 2.24) is 15.1 Å². The van der Waals surface area contributed by atoms with E-state index in [2.05, 4.69) is 5.32 Å². The zero-order valence-corrected chi connectivity index (χ0v) is 13.0. The molecule has 122 valence electrons. The Morgan fingerprint density at radius 2 is 1.57 bits per heavy atom. The largest absolute Gasteiger partial charge is 0.347 e. The minimum Gasteiger partial charge on any atom is -0.347 e. The number of nitrogens with zero attached hydrogens (tertiary/aromatic N) is 2. The summed E-state index contributed by atoms with van der Waals surface area (Å²) < 4.78 is 0. The van der Waals surface area contributed by atoms with E-state index in [9.17, 15) is 14.4 Å². The first-order valence-corrected chi connectivity index (χ1v) is 8.05. The van der Waals surface area contributed by atoms with Crippen LogP contribution in [0.4, 0.5) is 0 Å². The van der Waals surface area contributed by atoms with Gasteiger partial charge in [0.05, 0.1) is 6.54 Å². The third kappa shape index (κ3) is 3.88. The highest BCUT2D eigenvalue weighted by Crippen LogP contribution is 2.28. The van der Waals surface area contributed by atoms with Crippen molar-refractivity contribution in [3.63, 3.8) is 0 Å². The third-order valence-electron chi connectivity index (χ3n) is 4.30. The Balaban J connectivity index is 1.45. The highest BCUT2D eigenvalue weighted by Gasteiger charge is 2.30. The van der Waals surface area contributed by atoms with Crippen molar-refractivity contribution in [2.75, 3.05) is 32.7 Å². The Morgan fingerprint density at radius 1 is 0.957 bits per heavy atom. The molecule has 2 aliphatic rings. The van der Waals surface area contributed by atoms with E-state index < -0.39 is 0 Å². The minimum absolute atomic E-state index is 0.000245. The van der Waals surface area contributed by atoms with Gasteiger partial charge >= 0.3 is 0 Å². The number of carbonyl (C=O) groups excluding carboxylic acids is 3. The summed E-state index contributed by atoms with van der Waals surface area (Å²) in [5.74, 6) is 0.0185. The zero-order valence-electron chi connectivity index (χ0n) is 13.0. The molecule has 6 nitrogen and oxygen atoms in total. The maximum absolute atomic E-state index is 12.3. The topological polar surface area (TPSA) is 69.7 Å². The summed E-state index contributed by atoms with van der Waals surface area (Å²) in [4.78, 5) is 39.5. The van der Waals surface area contributed by atoms with E-state index >= 15 is 0 Å². The molecule has 1 saturated carbocycles. The SMILES string of the molecule is O=C(NCC(=O)N1CCN(C(=O)c2ccccc2)CC1)C1CC1. The second-order valence-corrected chi connectivity index (χ2v) is 6.03. The van der Waals surface area contributed by atoms with E-state index in [1.165, 1.54) is 0 Å². The van der Waals surface area contributed by atoms with Crippen LogP contribution in [-0.4, -0.2) is 60.2 Å². The van der Waals surface area contributed by atoms with Crippen LogP contribution < -0.4 is 5.32 Å². The summed E-state index contributed by atoms with van der Waals surface area (Å²) in [6, 6.07) is 9.16. The van der Waals surface area contributed by atoms with Crippen LogP contribution in [0.25, 0.3) is 0 Å². The number of carbonyl (C=O) groups is 3. The Kier molecular flexibility index (Phi) is 4.60. The first kappa shape index (κ1) is 15.5. The monoisotopic (exact) mass is 315 g/mol. The lowest BCUT2D eigenvalue weighted by atomic mass is 10.2. The molecule has 2 fully saturated rings. The van der Waals surface area contributed by atoms with Crippen LogP contribution in [0.3, 0.4) is 0 Å². The quantitative estimate of drug-likeness (QED) is 0.879. The smallest absolute Gasteiger partial charge is 0.253 e. The van der Waals surface area contributed by atoms with Gasteiger partial charge in [0.2, 0.25) is 11.8 Å². The van der Waals surface area contributed by atoms with Crippen molar-refractivity contribution < 1.29 is 14.4 Å². The maximum Gasteiger partial charge on any atom is 0.253 e. The molecule has 23 heavy (non-hydrogen) atoms. The zero-order chi connectivity index (χ0) is 16.2. The molecule has 0 aromatic heterocycles. The van der Waals surface area contributed by atoms with Gasteiger partial charge in [-0.15, -0.1) is 0 Å². The number of hydrogen-bond acceptors (Lipinski definition) is 3. The molecule has 1 aromatic carbocycles. The Hall–Kier alpha value is -2.37. The molecule has 0 bridgehead atoms. The Bertz CT molecular complexity index is 590. The second kappa shape index (κ2) is 6.81. The van der Waals surface area contributed by atoms with E-state index in [1.54, 1.807) is 21.9 Å². The predicted molar refractivity (Wildman–Crippen MR) is 84.7 cm³/mol. The molecule has 1 aromatic rings. The molecule has 0 atom stereocenters. The average molecular weight is 315 g/mol. The average Bonchev–Trinajstić information content (AvgIpc) is 3.45. The van der Waals surface area contributed by atoms with Crippen molar-refractivity contribution in [2.45, 2.75) is 12.8 Å². The molecular weight excluding hydrogens is 294 g/mol.